The van der Waals surface area contributed by atoms with E-state index < -0.39 is 6.29 Å². The van der Waals surface area contributed by atoms with E-state index in [-0.39, 0.29) is 36.7 Å². The van der Waals surface area contributed by atoms with Crippen molar-refractivity contribution < 1.29 is 24.2 Å². The van der Waals surface area contributed by atoms with E-state index in [1.807, 2.05) is 60.7 Å². The lowest BCUT2D eigenvalue weighted by molar-refractivity contribution is -0.253. The van der Waals surface area contributed by atoms with Crippen LogP contribution >= 0.6 is 0 Å². The Hall–Kier alpha value is -5.32. The molecule has 5 aromatic carbocycles. The lowest BCUT2D eigenvalue weighted by Crippen LogP contribution is -2.38. The maximum absolute atomic E-state index is 12.8. The van der Waals surface area contributed by atoms with Crippen LogP contribution in [0.15, 0.2) is 127 Å². The zero-order valence-electron chi connectivity index (χ0n) is 31.7. The second kappa shape index (κ2) is 19.3. The Balaban J connectivity index is 1.07. The molecule has 6 rings (SSSR count). The predicted molar refractivity (Wildman–Crippen MR) is 218 cm³/mol. The summed E-state index contributed by atoms with van der Waals surface area (Å²) in [6, 6.07) is 42.2. The van der Waals surface area contributed by atoms with Gasteiger partial charge in [0.2, 0.25) is 11.8 Å². The summed E-state index contributed by atoms with van der Waals surface area (Å²) in [5.41, 5.74) is 14.2. The lowest BCUT2D eigenvalue weighted by atomic mass is 9.97. The number of unbranched alkanes of at least 4 members (excludes halogenated alkanes) is 1. The third-order valence-electron chi connectivity index (χ3n) is 10.3. The van der Waals surface area contributed by atoms with Gasteiger partial charge in [0, 0.05) is 44.0 Å². The highest BCUT2D eigenvalue weighted by molar-refractivity contribution is 5.93. The molecule has 55 heavy (non-hydrogen) atoms. The maximum atomic E-state index is 12.8. The Labute approximate surface area is 324 Å². The van der Waals surface area contributed by atoms with Gasteiger partial charge in [-0.15, -0.1) is 0 Å². The van der Waals surface area contributed by atoms with E-state index in [4.69, 9.17) is 15.2 Å². The van der Waals surface area contributed by atoms with Crippen LogP contribution in [0.3, 0.4) is 0 Å². The summed E-state index contributed by atoms with van der Waals surface area (Å²) in [5.74, 6) is -0.169. The highest BCUT2D eigenvalue weighted by Gasteiger charge is 2.33. The highest BCUT2D eigenvalue weighted by atomic mass is 16.7. The number of nitrogens with one attached hydrogen (secondary N) is 2. The second-order valence-electron chi connectivity index (χ2n) is 14.3. The van der Waals surface area contributed by atoms with Crippen LogP contribution in [0.2, 0.25) is 0 Å². The molecule has 286 valence electrons. The average Bonchev–Trinajstić information content (AvgIpc) is 3.22. The van der Waals surface area contributed by atoms with E-state index in [9.17, 15) is 14.7 Å². The first kappa shape index (κ1) is 39.4. The number of carbonyl (C=O) groups is 2. The standard InChI is InChI=1S/C46H52N4O5/c1-32(34-12-4-3-5-13-34)50(2)30-39-28-43(36-22-20-33(31-51)21-23-36)55-46(54-39)37-26-24-35(25-27-37)40-15-7-6-14-38(40)29-48-44(52)18-10-11-19-45(53)49-42-17-9-8-16-41(42)47/h3-9,12-17,20-27,32,39,43,46,51H,10-11,18-19,28-31,47H2,1-2H3,(H,48,52)(H,49,53)/t32-,39-,43+,46+/m0/s1. The molecule has 1 saturated heterocycles. The van der Waals surface area contributed by atoms with Crippen LogP contribution < -0.4 is 16.4 Å². The summed E-state index contributed by atoms with van der Waals surface area (Å²) in [7, 11) is 2.14. The largest absolute Gasteiger partial charge is 0.397 e. The van der Waals surface area contributed by atoms with Crippen molar-refractivity contribution in [3.8, 4) is 11.1 Å². The number of hydrogen-bond acceptors (Lipinski definition) is 7. The smallest absolute Gasteiger partial charge is 0.224 e. The predicted octanol–water partition coefficient (Wildman–Crippen LogP) is 8.48. The molecule has 0 saturated carbocycles. The number of carbonyl (C=O) groups excluding carboxylic acids is 2. The minimum atomic E-state index is -0.562. The molecule has 0 unspecified atom stereocenters. The number of nitrogens with two attached hydrogens (primary N) is 1. The minimum absolute atomic E-state index is 0.00181. The Morgan fingerprint density at radius 1 is 0.800 bits per heavy atom. The molecule has 5 aromatic rings. The van der Waals surface area contributed by atoms with Crippen molar-refractivity contribution in [3.05, 3.63) is 155 Å². The van der Waals surface area contributed by atoms with Crippen molar-refractivity contribution in [2.45, 2.75) is 76.7 Å². The number of rotatable bonds is 16. The number of aliphatic hydroxyl groups is 1. The molecule has 5 N–H and O–H groups in total. The Morgan fingerprint density at radius 2 is 1.45 bits per heavy atom. The van der Waals surface area contributed by atoms with Gasteiger partial charge >= 0.3 is 0 Å². The van der Waals surface area contributed by atoms with Gasteiger partial charge in [0.25, 0.3) is 0 Å². The van der Waals surface area contributed by atoms with Gasteiger partial charge in [-0.1, -0.05) is 115 Å². The summed E-state index contributed by atoms with van der Waals surface area (Å²) in [4.78, 5) is 27.4. The molecule has 0 aromatic heterocycles. The van der Waals surface area contributed by atoms with Gasteiger partial charge < -0.3 is 30.9 Å². The topological polar surface area (TPSA) is 126 Å². The van der Waals surface area contributed by atoms with Crippen LogP contribution in [0.1, 0.15) is 85.3 Å². The lowest BCUT2D eigenvalue weighted by Gasteiger charge is -2.39. The fraction of sp³-hybridized carbons (Fsp3) is 0.304. The van der Waals surface area contributed by atoms with Crippen molar-refractivity contribution in [3.63, 3.8) is 0 Å². The number of likely N-dealkylation sites (N-methyl/N-ethyl adjacent to an activating group) is 1. The molecule has 0 spiro atoms. The zero-order chi connectivity index (χ0) is 38.6. The molecule has 4 atom stereocenters. The third kappa shape index (κ3) is 10.9. The number of hydrogen-bond donors (Lipinski definition) is 4. The Kier molecular flexibility index (Phi) is 13.8. The number of ether oxygens (including phenoxy) is 2. The van der Waals surface area contributed by atoms with E-state index in [2.05, 4.69) is 84.1 Å². The summed E-state index contributed by atoms with van der Waals surface area (Å²) in [6.45, 7) is 3.34. The van der Waals surface area contributed by atoms with E-state index >= 15 is 0 Å². The van der Waals surface area contributed by atoms with Crippen LogP contribution in [0.4, 0.5) is 11.4 Å². The monoisotopic (exact) mass is 740 g/mol. The van der Waals surface area contributed by atoms with E-state index in [1.165, 1.54) is 5.56 Å². The first-order chi connectivity index (χ1) is 26.8. The van der Waals surface area contributed by atoms with Crippen molar-refractivity contribution in [2.24, 2.45) is 0 Å². The van der Waals surface area contributed by atoms with E-state index in [0.29, 0.717) is 50.0 Å². The number of benzene rings is 5. The molecule has 0 aliphatic carbocycles. The molecule has 0 bridgehead atoms. The molecule has 9 nitrogen and oxygen atoms in total. The molecule has 1 aliphatic rings. The van der Waals surface area contributed by atoms with Crippen LogP contribution in [0, 0.1) is 0 Å². The van der Waals surface area contributed by atoms with E-state index in [1.54, 1.807) is 12.1 Å². The molecule has 2 amide bonds. The van der Waals surface area contributed by atoms with Crippen LogP contribution in [-0.4, -0.2) is 41.5 Å². The van der Waals surface area contributed by atoms with Gasteiger partial charge in [-0.3, -0.25) is 14.5 Å². The van der Waals surface area contributed by atoms with Crippen LogP contribution in [-0.2, 0) is 32.2 Å². The Bertz CT molecular complexity index is 1990. The molecular formula is C46H52N4O5. The van der Waals surface area contributed by atoms with E-state index in [0.717, 1.165) is 39.9 Å². The first-order valence-corrected chi connectivity index (χ1v) is 19.1. The van der Waals surface area contributed by atoms with Gasteiger partial charge in [-0.2, -0.15) is 0 Å². The van der Waals surface area contributed by atoms with Gasteiger partial charge in [0.15, 0.2) is 6.29 Å². The third-order valence-corrected chi connectivity index (χ3v) is 10.3. The second-order valence-corrected chi connectivity index (χ2v) is 14.3. The quantitative estimate of drug-likeness (QED) is 0.0591. The highest BCUT2D eigenvalue weighted by Crippen LogP contribution is 2.39. The van der Waals surface area contributed by atoms with Crippen molar-refractivity contribution in [1.29, 1.82) is 0 Å². The van der Waals surface area contributed by atoms with Gasteiger partial charge in [-0.05, 0) is 72.3 Å². The average molecular weight is 741 g/mol. The minimum Gasteiger partial charge on any atom is -0.397 e. The molecular weight excluding hydrogens is 689 g/mol. The van der Waals surface area contributed by atoms with Crippen molar-refractivity contribution in [1.82, 2.24) is 10.2 Å². The summed E-state index contributed by atoms with van der Waals surface area (Å²) in [5, 5.41) is 15.5. The zero-order valence-corrected chi connectivity index (χ0v) is 31.7. The van der Waals surface area contributed by atoms with Crippen LogP contribution in [0.25, 0.3) is 11.1 Å². The van der Waals surface area contributed by atoms with Crippen molar-refractivity contribution >= 4 is 23.2 Å². The SMILES string of the molecule is C[C@@H](c1ccccc1)N(C)C[C@@H]1C[C@H](c2ccc(CO)cc2)O[C@H](c2ccc(-c3ccccc3CNC(=O)CCCCC(=O)Nc3ccccc3N)cc2)O1. The normalized spacial score (nSPS) is 17.4. The summed E-state index contributed by atoms with van der Waals surface area (Å²) < 4.78 is 13.3. The number of para-hydroxylation sites is 2. The van der Waals surface area contributed by atoms with Gasteiger partial charge in [0.05, 0.1) is 30.2 Å². The van der Waals surface area contributed by atoms with Gasteiger partial charge in [0.1, 0.15) is 0 Å². The number of amides is 2. The van der Waals surface area contributed by atoms with Gasteiger partial charge in [-0.25, -0.2) is 0 Å². The fourth-order valence-corrected chi connectivity index (χ4v) is 6.95. The summed E-state index contributed by atoms with van der Waals surface area (Å²) in [6.07, 6.45) is 1.76. The number of anilines is 2. The number of nitrogen functional groups attached to an aromatic ring is 1. The molecule has 1 fully saturated rings. The number of nitrogens with zero attached hydrogens (tertiary/aromatic N) is 1. The molecule has 0 radical (unpaired) electrons. The summed E-state index contributed by atoms with van der Waals surface area (Å²) >= 11 is 0. The molecule has 9 heteroatoms. The first-order valence-electron chi connectivity index (χ1n) is 19.1. The molecule has 1 aliphatic heterocycles. The Morgan fingerprint density at radius 3 is 2.18 bits per heavy atom. The molecule has 1 heterocycles. The number of aliphatic hydroxyl groups excluding tert-OH is 1. The fourth-order valence-electron chi connectivity index (χ4n) is 6.95. The maximum Gasteiger partial charge on any atom is 0.224 e. The van der Waals surface area contributed by atoms with Crippen molar-refractivity contribution in [2.75, 3.05) is 24.6 Å². The van der Waals surface area contributed by atoms with Crippen LogP contribution in [0.5, 0.6) is 0 Å².